The molecule has 0 spiro atoms. The summed E-state index contributed by atoms with van der Waals surface area (Å²) in [5.74, 6) is -0.329. The first-order chi connectivity index (χ1) is 17.7. The van der Waals surface area contributed by atoms with Gasteiger partial charge in [0.15, 0.2) is 0 Å². The largest absolute Gasteiger partial charge is 0.444 e. The Morgan fingerprint density at radius 2 is 1.46 bits per heavy atom. The summed E-state index contributed by atoms with van der Waals surface area (Å²) in [6.07, 6.45) is 6.32. The monoisotopic (exact) mass is 499 g/mol. The van der Waals surface area contributed by atoms with Crippen LogP contribution >= 0.6 is 0 Å². The van der Waals surface area contributed by atoms with Crippen molar-refractivity contribution >= 4 is 23.4 Å². The lowest BCUT2D eigenvalue weighted by atomic mass is 10.1. The number of aromatic nitrogens is 3. The molecule has 0 aliphatic rings. The summed E-state index contributed by atoms with van der Waals surface area (Å²) in [6, 6.07) is 17.7. The summed E-state index contributed by atoms with van der Waals surface area (Å²) in [6.45, 7) is 6.15. The van der Waals surface area contributed by atoms with Gasteiger partial charge in [-0.15, -0.1) is 0 Å². The summed E-state index contributed by atoms with van der Waals surface area (Å²) in [5, 5.41) is 5.50. The fraction of sp³-hybridized carbons (Fsp3) is 0.214. The van der Waals surface area contributed by atoms with Crippen LogP contribution in [-0.4, -0.2) is 31.7 Å². The van der Waals surface area contributed by atoms with Crippen molar-refractivity contribution in [2.24, 2.45) is 0 Å². The fourth-order valence-electron chi connectivity index (χ4n) is 3.65. The number of hydrogen-bond acceptors (Lipinski definition) is 5. The molecular formula is C28H29N5O4. The Kier molecular flexibility index (Phi) is 7.52. The zero-order valence-corrected chi connectivity index (χ0v) is 21.0. The minimum atomic E-state index is -0.642. The Balaban J connectivity index is 1.40. The number of carbonyl (C=O) groups is 2. The van der Waals surface area contributed by atoms with E-state index in [1.54, 1.807) is 91.1 Å². The first kappa shape index (κ1) is 25.4. The van der Waals surface area contributed by atoms with E-state index in [2.05, 4.69) is 15.6 Å². The van der Waals surface area contributed by atoms with E-state index in [9.17, 15) is 14.4 Å². The van der Waals surface area contributed by atoms with Crippen molar-refractivity contribution in [2.45, 2.75) is 39.5 Å². The van der Waals surface area contributed by atoms with Crippen molar-refractivity contribution < 1.29 is 14.3 Å². The average Bonchev–Trinajstić information content (AvgIpc) is 3.19. The third-order valence-corrected chi connectivity index (χ3v) is 5.37. The number of imidazole rings is 1. The molecule has 2 heterocycles. The molecule has 0 radical (unpaired) electrons. The van der Waals surface area contributed by atoms with E-state index in [0.717, 1.165) is 11.1 Å². The topological polar surface area (TPSA) is 107 Å². The number of pyridine rings is 1. The number of carbonyl (C=O) groups excluding carboxylic acids is 2. The number of nitrogens with zero attached hydrogens (tertiary/aromatic N) is 3. The van der Waals surface area contributed by atoms with Gasteiger partial charge >= 0.3 is 11.8 Å². The van der Waals surface area contributed by atoms with Gasteiger partial charge in [-0.05, 0) is 62.2 Å². The maximum atomic E-state index is 12.9. The fourth-order valence-corrected chi connectivity index (χ4v) is 3.65. The van der Waals surface area contributed by atoms with Gasteiger partial charge in [0.25, 0.3) is 5.91 Å². The summed E-state index contributed by atoms with van der Waals surface area (Å²) >= 11 is 0. The molecule has 0 bridgehead atoms. The molecule has 2 N–H and O–H groups in total. The van der Waals surface area contributed by atoms with E-state index in [1.165, 1.54) is 0 Å². The van der Waals surface area contributed by atoms with Gasteiger partial charge in [0, 0.05) is 30.4 Å². The average molecular weight is 500 g/mol. The van der Waals surface area contributed by atoms with Crippen LogP contribution in [0.5, 0.6) is 0 Å². The van der Waals surface area contributed by atoms with Crippen LogP contribution in [0, 0.1) is 0 Å². The maximum absolute atomic E-state index is 12.9. The normalized spacial score (nSPS) is 11.1. The van der Waals surface area contributed by atoms with Crippen molar-refractivity contribution in [1.29, 1.82) is 0 Å². The Morgan fingerprint density at radius 3 is 2.05 bits per heavy atom. The van der Waals surface area contributed by atoms with Gasteiger partial charge in [-0.25, -0.2) is 9.59 Å². The Hall–Kier alpha value is -4.66. The molecule has 2 aromatic carbocycles. The summed E-state index contributed by atoms with van der Waals surface area (Å²) < 4.78 is 8.54. The standard InChI is InChI=1S/C28H29N5O4/c1-28(2,3)37-26(35)31-24-9-5-4-8-23(24)30-25(34)22-12-10-20(11-13-22)18-32-15-16-33(27(32)36)19-21-7-6-14-29-17-21/h4-17H,18-19H2,1-3H3,(H,30,34)(H,31,35). The lowest BCUT2D eigenvalue weighted by Crippen LogP contribution is -2.27. The van der Waals surface area contributed by atoms with Crippen LogP contribution in [0.3, 0.4) is 0 Å². The number of para-hydroxylation sites is 2. The van der Waals surface area contributed by atoms with Crippen LogP contribution in [0.4, 0.5) is 16.2 Å². The van der Waals surface area contributed by atoms with E-state index in [-0.39, 0.29) is 11.6 Å². The van der Waals surface area contributed by atoms with Crippen molar-refractivity contribution in [3.63, 3.8) is 0 Å². The van der Waals surface area contributed by atoms with Gasteiger partial charge in [-0.2, -0.15) is 0 Å². The minimum Gasteiger partial charge on any atom is -0.444 e. The first-order valence-electron chi connectivity index (χ1n) is 11.8. The Morgan fingerprint density at radius 1 is 0.838 bits per heavy atom. The minimum absolute atomic E-state index is 0.125. The van der Waals surface area contributed by atoms with E-state index >= 15 is 0 Å². The molecule has 190 valence electrons. The summed E-state index contributed by atoms with van der Waals surface area (Å²) in [5.41, 5.74) is 2.38. The smallest absolute Gasteiger partial charge is 0.412 e. The molecule has 4 rings (SSSR count). The molecule has 4 aromatic rings. The van der Waals surface area contributed by atoms with Crippen LogP contribution in [0.2, 0.25) is 0 Å². The summed E-state index contributed by atoms with van der Waals surface area (Å²) in [7, 11) is 0. The molecule has 0 unspecified atom stereocenters. The molecular weight excluding hydrogens is 470 g/mol. The molecule has 0 atom stereocenters. The highest BCUT2D eigenvalue weighted by molar-refractivity contribution is 6.06. The third kappa shape index (κ3) is 6.94. The van der Waals surface area contributed by atoms with Gasteiger partial charge < -0.3 is 10.1 Å². The number of amides is 2. The Bertz CT molecular complexity index is 1430. The number of anilines is 2. The Labute approximate surface area is 214 Å². The first-order valence-corrected chi connectivity index (χ1v) is 11.8. The quantitative estimate of drug-likeness (QED) is 0.382. The van der Waals surface area contributed by atoms with E-state index < -0.39 is 11.7 Å². The van der Waals surface area contributed by atoms with Gasteiger partial charge in [0.1, 0.15) is 5.60 Å². The summed E-state index contributed by atoms with van der Waals surface area (Å²) in [4.78, 5) is 41.9. The lowest BCUT2D eigenvalue weighted by Gasteiger charge is -2.20. The van der Waals surface area contributed by atoms with Gasteiger partial charge in [0.05, 0.1) is 24.5 Å². The zero-order chi connectivity index (χ0) is 26.4. The second-order valence-electron chi connectivity index (χ2n) is 9.52. The molecule has 0 aliphatic heterocycles. The predicted molar refractivity (Wildman–Crippen MR) is 142 cm³/mol. The van der Waals surface area contributed by atoms with E-state index in [0.29, 0.717) is 30.0 Å². The number of rotatable bonds is 7. The second kappa shape index (κ2) is 10.9. The molecule has 0 fully saturated rings. The molecule has 0 saturated heterocycles. The SMILES string of the molecule is CC(C)(C)OC(=O)Nc1ccccc1NC(=O)c1ccc(Cn2ccn(Cc3cccnc3)c2=O)cc1. The van der Waals surface area contributed by atoms with Crippen LogP contribution in [0.15, 0.2) is 90.2 Å². The molecule has 0 aliphatic carbocycles. The number of ether oxygens (including phenoxy) is 1. The molecule has 0 saturated carbocycles. The maximum Gasteiger partial charge on any atom is 0.412 e. The van der Waals surface area contributed by atoms with E-state index in [1.807, 2.05) is 24.3 Å². The molecule has 9 nitrogen and oxygen atoms in total. The van der Waals surface area contributed by atoms with Crippen molar-refractivity contribution in [3.8, 4) is 0 Å². The highest BCUT2D eigenvalue weighted by Gasteiger charge is 2.18. The van der Waals surface area contributed by atoms with Gasteiger partial charge in [-0.3, -0.25) is 24.2 Å². The van der Waals surface area contributed by atoms with Crippen molar-refractivity contribution in [2.75, 3.05) is 10.6 Å². The zero-order valence-electron chi connectivity index (χ0n) is 21.0. The third-order valence-electron chi connectivity index (χ3n) is 5.37. The lowest BCUT2D eigenvalue weighted by molar-refractivity contribution is 0.0635. The van der Waals surface area contributed by atoms with Gasteiger partial charge in [-0.1, -0.05) is 30.3 Å². The predicted octanol–water partition coefficient (Wildman–Crippen LogP) is 4.74. The molecule has 37 heavy (non-hydrogen) atoms. The van der Waals surface area contributed by atoms with Crippen LogP contribution < -0.4 is 16.3 Å². The molecule has 9 heteroatoms. The molecule has 2 amide bonds. The van der Waals surface area contributed by atoms with Crippen molar-refractivity contribution in [1.82, 2.24) is 14.1 Å². The highest BCUT2D eigenvalue weighted by atomic mass is 16.6. The second-order valence-corrected chi connectivity index (χ2v) is 9.52. The molecule has 2 aromatic heterocycles. The van der Waals surface area contributed by atoms with E-state index in [4.69, 9.17) is 4.74 Å². The number of benzene rings is 2. The number of hydrogen-bond donors (Lipinski definition) is 2. The highest BCUT2D eigenvalue weighted by Crippen LogP contribution is 2.23. The van der Waals surface area contributed by atoms with Crippen LogP contribution in [0.25, 0.3) is 0 Å². The van der Waals surface area contributed by atoms with Crippen molar-refractivity contribution in [3.05, 3.63) is 113 Å². The van der Waals surface area contributed by atoms with Crippen LogP contribution in [0.1, 0.15) is 42.3 Å². The van der Waals surface area contributed by atoms with Crippen LogP contribution in [-0.2, 0) is 17.8 Å². The van der Waals surface area contributed by atoms with Gasteiger partial charge in [0.2, 0.25) is 0 Å². The number of nitrogens with one attached hydrogen (secondary N) is 2.